The zero-order valence-corrected chi connectivity index (χ0v) is 19.4. The average molecular weight is 445 g/mol. The van der Waals surface area contributed by atoms with Gasteiger partial charge in [-0.3, -0.25) is 9.10 Å². The fourth-order valence-corrected chi connectivity index (χ4v) is 4.89. The molecule has 0 aliphatic heterocycles. The molecule has 1 aliphatic carbocycles. The number of hydrogen-bond acceptors (Lipinski definition) is 4. The Morgan fingerprint density at radius 2 is 1.77 bits per heavy atom. The lowest BCUT2D eigenvalue weighted by atomic mass is 10.1. The molecule has 1 saturated carbocycles. The normalized spacial score (nSPS) is 14.4. The highest BCUT2D eigenvalue weighted by Crippen LogP contribution is 2.26. The maximum Gasteiger partial charge on any atom is 0.232 e. The Morgan fingerprint density at radius 1 is 1.10 bits per heavy atom. The summed E-state index contributed by atoms with van der Waals surface area (Å²) in [5, 5.41) is 2.87. The SMILES string of the molecule is Cc1ccc(C)c(N(CCCC(=O)Nc2ccc(OC3CCCC3)cc2)S(C)(=O)=O)c1. The first kappa shape index (κ1) is 23.1. The van der Waals surface area contributed by atoms with Gasteiger partial charge in [0.25, 0.3) is 0 Å². The van der Waals surface area contributed by atoms with Crippen LogP contribution >= 0.6 is 0 Å². The summed E-state index contributed by atoms with van der Waals surface area (Å²) in [6.45, 7) is 4.07. The second-order valence-corrected chi connectivity index (χ2v) is 10.2. The molecule has 0 unspecified atom stereocenters. The van der Waals surface area contributed by atoms with Crippen molar-refractivity contribution in [2.45, 2.75) is 58.5 Å². The molecular weight excluding hydrogens is 412 g/mol. The largest absolute Gasteiger partial charge is 0.490 e. The molecule has 1 aliphatic rings. The van der Waals surface area contributed by atoms with Gasteiger partial charge in [0.2, 0.25) is 15.9 Å². The van der Waals surface area contributed by atoms with Gasteiger partial charge in [0.05, 0.1) is 18.0 Å². The van der Waals surface area contributed by atoms with E-state index in [1.54, 1.807) is 0 Å². The van der Waals surface area contributed by atoms with Gasteiger partial charge in [-0.05, 0) is 87.4 Å². The van der Waals surface area contributed by atoms with E-state index >= 15 is 0 Å². The van der Waals surface area contributed by atoms with E-state index in [4.69, 9.17) is 4.74 Å². The molecule has 31 heavy (non-hydrogen) atoms. The van der Waals surface area contributed by atoms with Gasteiger partial charge in [-0.15, -0.1) is 0 Å². The van der Waals surface area contributed by atoms with Crippen molar-refractivity contribution >= 4 is 27.3 Å². The molecule has 0 radical (unpaired) electrons. The van der Waals surface area contributed by atoms with E-state index in [-0.39, 0.29) is 18.9 Å². The van der Waals surface area contributed by atoms with Crippen molar-refractivity contribution < 1.29 is 17.9 Å². The summed E-state index contributed by atoms with van der Waals surface area (Å²) >= 11 is 0. The van der Waals surface area contributed by atoms with Crippen molar-refractivity contribution in [2.75, 3.05) is 22.4 Å². The molecule has 0 saturated heterocycles. The fourth-order valence-electron chi connectivity index (χ4n) is 3.88. The van der Waals surface area contributed by atoms with E-state index in [1.165, 1.54) is 23.4 Å². The third kappa shape index (κ3) is 6.72. The quantitative estimate of drug-likeness (QED) is 0.602. The van der Waals surface area contributed by atoms with E-state index in [0.717, 1.165) is 29.7 Å². The van der Waals surface area contributed by atoms with Gasteiger partial charge in [-0.25, -0.2) is 8.42 Å². The number of aryl methyl sites for hydroxylation is 2. The highest BCUT2D eigenvalue weighted by Gasteiger charge is 2.20. The van der Waals surface area contributed by atoms with Crippen molar-refractivity contribution in [2.24, 2.45) is 0 Å². The minimum atomic E-state index is -3.44. The van der Waals surface area contributed by atoms with Crippen LogP contribution in [0.15, 0.2) is 42.5 Å². The maximum absolute atomic E-state index is 12.4. The van der Waals surface area contributed by atoms with Gasteiger partial charge in [0.15, 0.2) is 0 Å². The smallest absolute Gasteiger partial charge is 0.232 e. The van der Waals surface area contributed by atoms with Crippen LogP contribution < -0.4 is 14.4 Å². The molecular formula is C24H32N2O4S. The number of carbonyl (C=O) groups excluding carboxylic acids is 1. The molecule has 2 aromatic rings. The summed E-state index contributed by atoms with van der Waals surface area (Å²) in [5.74, 6) is 0.682. The first-order chi connectivity index (χ1) is 14.7. The van der Waals surface area contributed by atoms with Crippen molar-refractivity contribution in [3.63, 3.8) is 0 Å². The lowest BCUT2D eigenvalue weighted by Gasteiger charge is -2.24. The van der Waals surface area contributed by atoms with Crippen molar-refractivity contribution in [1.29, 1.82) is 0 Å². The predicted octanol–water partition coefficient (Wildman–Crippen LogP) is 4.81. The Hall–Kier alpha value is -2.54. The average Bonchev–Trinajstić information content (AvgIpc) is 3.21. The summed E-state index contributed by atoms with van der Waals surface area (Å²) in [7, 11) is -3.44. The summed E-state index contributed by atoms with van der Waals surface area (Å²) in [6, 6.07) is 13.2. The molecule has 0 spiro atoms. The number of amides is 1. The Labute approximate surface area is 185 Å². The summed E-state index contributed by atoms with van der Waals surface area (Å²) < 4.78 is 32.0. The minimum absolute atomic E-state index is 0.140. The maximum atomic E-state index is 12.4. The molecule has 168 valence electrons. The van der Waals surface area contributed by atoms with Crippen LogP contribution in [0.5, 0.6) is 5.75 Å². The van der Waals surface area contributed by atoms with Gasteiger partial charge >= 0.3 is 0 Å². The van der Waals surface area contributed by atoms with Gasteiger partial charge in [0, 0.05) is 18.7 Å². The van der Waals surface area contributed by atoms with Crippen LogP contribution in [0.25, 0.3) is 0 Å². The monoisotopic (exact) mass is 444 g/mol. The predicted molar refractivity (Wildman–Crippen MR) is 125 cm³/mol. The third-order valence-corrected chi connectivity index (χ3v) is 6.72. The molecule has 0 aromatic heterocycles. The highest BCUT2D eigenvalue weighted by molar-refractivity contribution is 7.92. The number of sulfonamides is 1. The molecule has 1 fully saturated rings. The zero-order chi connectivity index (χ0) is 22.4. The van der Waals surface area contributed by atoms with Gasteiger partial charge < -0.3 is 10.1 Å². The first-order valence-electron chi connectivity index (χ1n) is 10.8. The molecule has 7 heteroatoms. The van der Waals surface area contributed by atoms with E-state index < -0.39 is 10.0 Å². The van der Waals surface area contributed by atoms with Crippen molar-refractivity contribution in [3.8, 4) is 5.75 Å². The minimum Gasteiger partial charge on any atom is -0.490 e. The molecule has 1 N–H and O–H groups in total. The number of carbonyl (C=O) groups is 1. The lowest BCUT2D eigenvalue weighted by Crippen LogP contribution is -2.32. The number of rotatable bonds is 9. The molecule has 0 atom stereocenters. The van der Waals surface area contributed by atoms with Gasteiger partial charge in [0.1, 0.15) is 5.75 Å². The van der Waals surface area contributed by atoms with Crippen molar-refractivity contribution in [3.05, 3.63) is 53.6 Å². The van der Waals surface area contributed by atoms with Crippen LogP contribution in [-0.2, 0) is 14.8 Å². The third-order valence-electron chi connectivity index (χ3n) is 5.54. The van der Waals surface area contributed by atoms with Crippen LogP contribution in [0.1, 0.15) is 49.7 Å². The number of ether oxygens (including phenoxy) is 1. The Kier molecular flexibility index (Phi) is 7.59. The van der Waals surface area contributed by atoms with Gasteiger partial charge in [-0.2, -0.15) is 0 Å². The lowest BCUT2D eigenvalue weighted by molar-refractivity contribution is -0.116. The van der Waals surface area contributed by atoms with Crippen molar-refractivity contribution in [1.82, 2.24) is 0 Å². The topological polar surface area (TPSA) is 75.7 Å². The van der Waals surface area contributed by atoms with Crippen LogP contribution in [0, 0.1) is 13.8 Å². The van der Waals surface area contributed by atoms with Gasteiger partial charge in [-0.1, -0.05) is 12.1 Å². The van der Waals surface area contributed by atoms with Crippen LogP contribution in [0.2, 0.25) is 0 Å². The molecule has 3 rings (SSSR count). The standard InChI is InChI=1S/C24H32N2O4S/c1-18-10-11-19(2)23(17-18)26(31(3,28)29)16-6-9-24(27)25-20-12-14-22(15-13-20)30-21-7-4-5-8-21/h10-15,17,21H,4-9,16H2,1-3H3,(H,25,27). The number of hydrogen-bond donors (Lipinski definition) is 1. The van der Waals surface area contributed by atoms with E-state index in [2.05, 4.69) is 5.32 Å². The van der Waals surface area contributed by atoms with E-state index in [0.29, 0.717) is 23.9 Å². The fraction of sp³-hybridized carbons (Fsp3) is 0.458. The number of benzene rings is 2. The second kappa shape index (κ2) is 10.2. The Morgan fingerprint density at radius 3 is 2.42 bits per heavy atom. The Bertz CT molecular complexity index is 997. The zero-order valence-electron chi connectivity index (χ0n) is 18.6. The summed E-state index contributed by atoms with van der Waals surface area (Å²) in [4.78, 5) is 12.4. The van der Waals surface area contributed by atoms with Crippen LogP contribution in [-0.4, -0.2) is 33.2 Å². The van der Waals surface area contributed by atoms with E-state index in [1.807, 2.05) is 56.3 Å². The Balaban J connectivity index is 1.52. The molecule has 1 amide bonds. The summed E-state index contributed by atoms with van der Waals surface area (Å²) in [6.07, 6.45) is 6.81. The van der Waals surface area contributed by atoms with Crippen LogP contribution in [0.3, 0.4) is 0 Å². The number of nitrogens with zero attached hydrogens (tertiary/aromatic N) is 1. The molecule has 0 bridgehead atoms. The molecule has 6 nitrogen and oxygen atoms in total. The van der Waals surface area contributed by atoms with E-state index in [9.17, 15) is 13.2 Å². The number of nitrogens with one attached hydrogen (secondary N) is 1. The molecule has 2 aromatic carbocycles. The van der Waals surface area contributed by atoms with Crippen LogP contribution in [0.4, 0.5) is 11.4 Å². The summed E-state index contributed by atoms with van der Waals surface area (Å²) in [5.41, 5.74) is 3.26. The first-order valence-corrected chi connectivity index (χ1v) is 12.7. The highest BCUT2D eigenvalue weighted by atomic mass is 32.2. The number of anilines is 2. The second-order valence-electron chi connectivity index (χ2n) is 8.33. The molecule has 0 heterocycles.